The Morgan fingerprint density at radius 3 is 2.71 bits per heavy atom. The van der Waals surface area contributed by atoms with Crippen LogP contribution in [0.1, 0.15) is 37.5 Å². The van der Waals surface area contributed by atoms with Gasteiger partial charge in [-0.2, -0.15) is 5.26 Å². The predicted octanol–water partition coefficient (Wildman–Crippen LogP) is 2.54. The van der Waals surface area contributed by atoms with Crippen molar-refractivity contribution < 1.29 is 9.53 Å². The number of carbonyl (C=O) groups excluding carboxylic acids is 1. The zero-order valence-electron chi connectivity index (χ0n) is 10.3. The van der Waals surface area contributed by atoms with Crippen LogP contribution in [-0.4, -0.2) is 16.7 Å². The highest BCUT2D eigenvalue weighted by Gasteiger charge is 2.21. The normalized spacial score (nSPS) is 12.6. The Morgan fingerprint density at radius 1 is 1.65 bits per heavy atom. The van der Waals surface area contributed by atoms with Crippen molar-refractivity contribution in [1.29, 1.82) is 5.26 Å². The monoisotopic (exact) mass is 253 g/mol. The van der Waals surface area contributed by atoms with E-state index in [0.29, 0.717) is 5.69 Å². The third kappa shape index (κ3) is 4.41. The van der Waals surface area contributed by atoms with Gasteiger partial charge >= 0.3 is 6.09 Å². The molecule has 0 spiro atoms. The maximum Gasteiger partial charge on any atom is 0.409 e. The average Bonchev–Trinajstić information content (AvgIpc) is 2.58. The second-order valence-corrected chi connectivity index (χ2v) is 5.56. The maximum atomic E-state index is 11.5. The standard InChI is InChI=1S/C11H15N3O2S/c1-7-13-9(6-17-7)8(5-12)14-10(15)16-11(2,3)4/h6,8H,1-4H3,(H,14,15)/t8-/m1/s1. The fraction of sp³-hybridized carbons (Fsp3) is 0.545. The van der Waals surface area contributed by atoms with Crippen LogP contribution in [0.25, 0.3) is 0 Å². The van der Waals surface area contributed by atoms with E-state index in [-0.39, 0.29) is 0 Å². The van der Waals surface area contributed by atoms with Crippen molar-refractivity contribution in [3.05, 3.63) is 16.1 Å². The Kier molecular flexibility index (Phi) is 4.07. The van der Waals surface area contributed by atoms with Gasteiger partial charge in [0.25, 0.3) is 0 Å². The van der Waals surface area contributed by atoms with Gasteiger partial charge in [-0.3, -0.25) is 0 Å². The number of aryl methyl sites for hydroxylation is 1. The lowest BCUT2D eigenvalue weighted by Gasteiger charge is -2.20. The maximum absolute atomic E-state index is 11.5. The number of thiazole rings is 1. The molecule has 0 saturated heterocycles. The fourth-order valence-electron chi connectivity index (χ4n) is 1.11. The Hall–Kier alpha value is -1.61. The van der Waals surface area contributed by atoms with Crippen molar-refractivity contribution >= 4 is 17.4 Å². The van der Waals surface area contributed by atoms with Gasteiger partial charge in [0.2, 0.25) is 0 Å². The second kappa shape index (κ2) is 5.15. The molecule has 0 saturated carbocycles. The summed E-state index contributed by atoms with van der Waals surface area (Å²) in [6.07, 6.45) is -0.616. The molecule has 1 aromatic rings. The number of aromatic nitrogens is 1. The van der Waals surface area contributed by atoms with Crippen LogP contribution in [0.2, 0.25) is 0 Å². The molecule has 0 aliphatic carbocycles. The number of rotatable bonds is 2. The van der Waals surface area contributed by atoms with Crippen molar-refractivity contribution in [3.63, 3.8) is 0 Å². The summed E-state index contributed by atoms with van der Waals surface area (Å²) in [5, 5.41) is 14.1. The molecule has 1 rings (SSSR count). The molecule has 1 aromatic heterocycles. The minimum absolute atomic E-state index is 0.542. The summed E-state index contributed by atoms with van der Waals surface area (Å²) in [7, 11) is 0. The molecule has 0 bridgehead atoms. The summed E-state index contributed by atoms with van der Waals surface area (Å²) in [4.78, 5) is 15.7. The third-order valence-electron chi connectivity index (χ3n) is 1.72. The molecule has 0 fully saturated rings. The van der Waals surface area contributed by atoms with E-state index in [1.165, 1.54) is 11.3 Å². The molecular formula is C11H15N3O2S. The first-order valence-electron chi connectivity index (χ1n) is 5.13. The first kappa shape index (κ1) is 13.5. The molecule has 5 nitrogen and oxygen atoms in total. The van der Waals surface area contributed by atoms with Crippen molar-refractivity contribution in [2.45, 2.75) is 39.3 Å². The second-order valence-electron chi connectivity index (χ2n) is 4.50. The lowest BCUT2D eigenvalue weighted by Crippen LogP contribution is -2.34. The summed E-state index contributed by atoms with van der Waals surface area (Å²) in [5.41, 5.74) is -0.0388. The lowest BCUT2D eigenvalue weighted by atomic mass is 10.2. The minimum atomic E-state index is -0.769. The van der Waals surface area contributed by atoms with Crippen LogP contribution in [-0.2, 0) is 4.74 Å². The van der Waals surface area contributed by atoms with Gasteiger partial charge in [0.1, 0.15) is 5.60 Å². The Morgan fingerprint density at radius 2 is 2.29 bits per heavy atom. The molecule has 0 aliphatic rings. The number of nitriles is 1. The van der Waals surface area contributed by atoms with Gasteiger partial charge in [-0.05, 0) is 27.7 Å². The van der Waals surface area contributed by atoms with Crippen molar-refractivity contribution in [2.75, 3.05) is 0 Å². The lowest BCUT2D eigenvalue weighted by molar-refractivity contribution is 0.0514. The number of alkyl carbamates (subject to hydrolysis) is 1. The van der Waals surface area contributed by atoms with Crippen LogP contribution in [0.15, 0.2) is 5.38 Å². The van der Waals surface area contributed by atoms with Crippen molar-refractivity contribution in [1.82, 2.24) is 10.3 Å². The molecular weight excluding hydrogens is 238 g/mol. The third-order valence-corrected chi connectivity index (χ3v) is 2.51. The number of amides is 1. The highest BCUT2D eigenvalue weighted by molar-refractivity contribution is 7.09. The van der Waals surface area contributed by atoms with Gasteiger partial charge in [0.05, 0.1) is 16.8 Å². The molecule has 17 heavy (non-hydrogen) atoms. The topological polar surface area (TPSA) is 75.0 Å². The molecule has 0 aliphatic heterocycles. The van der Waals surface area contributed by atoms with Gasteiger partial charge in [-0.1, -0.05) is 0 Å². The number of nitrogens with one attached hydrogen (secondary N) is 1. The number of carbonyl (C=O) groups is 1. The SMILES string of the molecule is Cc1nc([C@@H](C#N)NC(=O)OC(C)(C)C)cs1. The molecule has 1 N–H and O–H groups in total. The summed E-state index contributed by atoms with van der Waals surface area (Å²) in [6.45, 7) is 7.14. The van der Waals surface area contributed by atoms with E-state index < -0.39 is 17.7 Å². The van der Waals surface area contributed by atoms with Crippen LogP contribution >= 0.6 is 11.3 Å². The van der Waals surface area contributed by atoms with E-state index in [1.807, 2.05) is 13.0 Å². The number of hydrogen-bond donors (Lipinski definition) is 1. The predicted molar refractivity (Wildman–Crippen MR) is 64.6 cm³/mol. The molecule has 1 amide bonds. The quantitative estimate of drug-likeness (QED) is 0.878. The summed E-state index contributed by atoms with van der Waals surface area (Å²) < 4.78 is 5.07. The highest BCUT2D eigenvalue weighted by Crippen LogP contribution is 2.16. The van der Waals surface area contributed by atoms with Crippen molar-refractivity contribution in [2.24, 2.45) is 0 Å². The van der Waals surface area contributed by atoms with E-state index in [4.69, 9.17) is 10.00 Å². The van der Waals surface area contributed by atoms with E-state index >= 15 is 0 Å². The molecule has 0 radical (unpaired) electrons. The van der Waals surface area contributed by atoms with E-state index in [0.717, 1.165) is 5.01 Å². The first-order valence-corrected chi connectivity index (χ1v) is 6.01. The van der Waals surface area contributed by atoms with Crippen LogP contribution in [0.5, 0.6) is 0 Å². The van der Waals surface area contributed by atoms with Crippen LogP contribution in [0, 0.1) is 18.3 Å². The largest absolute Gasteiger partial charge is 0.444 e. The summed E-state index contributed by atoms with van der Waals surface area (Å²) in [5.74, 6) is 0. The first-order chi connectivity index (χ1) is 7.81. The molecule has 0 aromatic carbocycles. The zero-order valence-corrected chi connectivity index (χ0v) is 11.1. The minimum Gasteiger partial charge on any atom is -0.444 e. The van der Waals surface area contributed by atoms with Gasteiger partial charge in [0, 0.05) is 5.38 Å². The molecule has 0 unspecified atom stereocenters. The molecule has 1 heterocycles. The highest BCUT2D eigenvalue weighted by atomic mass is 32.1. The number of ether oxygens (including phenoxy) is 1. The Labute approximate surface area is 104 Å². The van der Waals surface area contributed by atoms with Crippen LogP contribution in [0.4, 0.5) is 4.79 Å². The summed E-state index contributed by atoms with van der Waals surface area (Å²) in [6, 6.07) is 1.21. The van der Waals surface area contributed by atoms with Gasteiger partial charge in [-0.25, -0.2) is 9.78 Å². The Bertz CT molecular complexity index is 442. The average molecular weight is 253 g/mol. The van der Waals surface area contributed by atoms with Gasteiger partial charge < -0.3 is 10.1 Å². The van der Waals surface area contributed by atoms with E-state index in [1.54, 1.807) is 26.2 Å². The fourth-order valence-corrected chi connectivity index (χ4v) is 1.75. The number of hydrogen-bond acceptors (Lipinski definition) is 5. The smallest absolute Gasteiger partial charge is 0.409 e. The molecule has 1 atom stereocenters. The Balaban J connectivity index is 2.66. The van der Waals surface area contributed by atoms with E-state index in [2.05, 4.69) is 10.3 Å². The molecule has 6 heteroatoms. The summed E-state index contributed by atoms with van der Waals surface area (Å²) >= 11 is 1.43. The van der Waals surface area contributed by atoms with Gasteiger partial charge in [0.15, 0.2) is 6.04 Å². The molecule has 92 valence electrons. The van der Waals surface area contributed by atoms with Crippen molar-refractivity contribution in [3.8, 4) is 6.07 Å². The zero-order chi connectivity index (χ0) is 13.1. The van der Waals surface area contributed by atoms with E-state index in [9.17, 15) is 4.79 Å². The van der Waals surface area contributed by atoms with Crippen LogP contribution < -0.4 is 5.32 Å². The van der Waals surface area contributed by atoms with Crippen LogP contribution in [0.3, 0.4) is 0 Å². The number of nitrogens with zero attached hydrogens (tertiary/aromatic N) is 2. The van der Waals surface area contributed by atoms with Gasteiger partial charge in [-0.15, -0.1) is 11.3 Å².